The second-order valence-electron chi connectivity index (χ2n) is 6.06. The second kappa shape index (κ2) is 6.74. The van der Waals surface area contributed by atoms with Crippen LogP contribution in [0.4, 0.5) is 0 Å². The lowest BCUT2D eigenvalue weighted by atomic mass is 9.93. The first kappa shape index (κ1) is 15.5. The first-order valence-electron chi connectivity index (χ1n) is 7.53. The summed E-state index contributed by atoms with van der Waals surface area (Å²) in [5.41, 5.74) is 1.41. The van der Waals surface area contributed by atoms with Crippen molar-refractivity contribution in [1.82, 2.24) is 15.1 Å². The molecule has 21 heavy (non-hydrogen) atoms. The molecule has 2 rings (SSSR count). The van der Waals surface area contributed by atoms with Gasteiger partial charge in [-0.2, -0.15) is 5.10 Å². The van der Waals surface area contributed by atoms with Crippen molar-refractivity contribution < 1.29 is 14.7 Å². The number of carboxylic acids is 1. The molecule has 2 N–H and O–H groups in total. The van der Waals surface area contributed by atoms with E-state index in [1.54, 1.807) is 4.90 Å². The molecule has 0 spiro atoms. The van der Waals surface area contributed by atoms with E-state index in [-0.39, 0.29) is 18.2 Å². The van der Waals surface area contributed by atoms with Gasteiger partial charge in [-0.25, -0.2) is 0 Å². The van der Waals surface area contributed by atoms with Gasteiger partial charge in [-0.15, -0.1) is 0 Å². The zero-order chi connectivity index (χ0) is 15.4. The van der Waals surface area contributed by atoms with E-state index in [0.717, 1.165) is 25.1 Å². The van der Waals surface area contributed by atoms with Crippen molar-refractivity contribution in [3.63, 3.8) is 0 Å². The standard InChI is InChI=1S/C15H23N3O3/c1-10(2)12-8-13(17-16-12)15(21)18-7-3-4-11(9-18)5-6-14(19)20/h8,10-11H,3-7,9H2,1-2H3,(H,16,17)(H,19,20)/t11-/m1/s1. The van der Waals surface area contributed by atoms with Crippen LogP contribution in [0.15, 0.2) is 6.07 Å². The molecule has 1 aliphatic heterocycles. The number of piperidine rings is 1. The van der Waals surface area contributed by atoms with Gasteiger partial charge in [0.1, 0.15) is 5.69 Å². The van der Waals surface area contributed by atoms with E-state index >= 15 is 0 Å². The summed E-state index contributed by atoms with van der Waals surface area (Å²) in [7, 11) is 0. The van der Waals surface area contributed by atoms with Crippen molar-refractivity contribution >= 4 is 11.9 Å². The largest absolute Gasteiger partial charge is 0.481 e. The highest BCUT2D eigenvalue weighted by Gasteiger charge is 2.26. The Hall–Kier alpha value is -1.85. The van der Waals surface area contributed by atoms with Gasteiger partial charge in [0.2, 0.25) is 0 Å². The maximum absolute atomic E-state index is 12.4. The van der Waals surface area contributed by atoms with E-state index in [4.69, 9.17) is 5.11 Å². The molecule has 0 aromatic carbocycles. The van der Waals surface area contributed by atoms with Crippen LogP contribution >= 0.6 is 0 Å². The van der Waals surface area contributed by atoms with Crippen molar-refractivity contribution in [2.24, 2.45) is 5.92 Å². The number of aromatic amines is 1. The van der Waals surface area contributed by atoms with Crippen LogP contribution in [0.1, 0.15) is 61.6 Å². The molecular formula is C15H23N3O3. The summed E-state index contributed by atoms with van der Waals surface area (Å²) >= 11 is 0. The maximum Gasteiger partial charge on any atom is 0.303 e. The third-order valence-corrected chi connectivity index (χ3v) is 4.01. The van der Waals surface area contributed by atoms with Crippen molar-refractivity contribution in [2.45, 2.75) is 45.4 Å². The van der Waals surface area contributed by atoms with Crippen molar-refractivity contribution in [1.29, 1.82) is 0 Å². The fourth-order valence-electron chi connectivity index (χ4n) is 2.72. The first-order chi connectivity index (χ1) is 9.97. The van der Waals surface area contributed by atoms with Crippen molar-refractivity contribution in [2.75, 3.05) is 13.1 Å². The van der Waals surface area contributed by atoms with Crippen LogP contribution in [0.25, 0.3) is 0 Å². The lowest BCUT2D eigenvalue weighted by molar-refractivity contribution is -0.137. The van der Waals surface area contributed by atoms with Gasteiger partial charge in [0.25, 0.3) is 5.91 Å². The Bertz CT molecular complexity index is 510. The molecule has 1 atom stereocenters. The number of likely N-dealkylation sites (tertiary alicyclic amines) is 1. The van der Waals surface area contributed by atoms with Gasteiger partial charge in [0.15, 0.2) is 0 Å². The van der Waals surface area contributed by atoms with E-state index in [9.17, 15) is 9.59 Å². The van der Waals surface area contributed by atoms with Gasteiger partial charge in [-0.3, -0.25) is 14.7 Å². The second-order valence-corrected chi connectivity index (χ2v) is 6.06. The van der Waals surface area contributed by atoms with Gasteiger partial charge in [-0.1, -0.05) is 13.8 Å². The lowest BCUT2D eigenvalue weighted by Crippen LogP contribution is -2.40. The van der Waals surface area contributed by atoms with Gasteiger partial charge in [0, 0.05) is 25.2 Å². The van der Waals surface area contributed by atoms with E-state index in [2.05, 4.69) is 10.2 Å². The summed E-state index contributed by atoms with van der Waals surface area (Å²) < 4.78 is 0. The molecule has 0 saturated carbocycles. The molecule has 0 bridgehead atoms. The van der Waals surface area contributed by atoms with Crippen molar-refractivity contribution in [3.8, 4) is 0 Å². The third kappa shape index (κ3) is 4.06. The van der Waals surface area contributed by atoms with Crippen LogP contribution in [-0.2, 0) is 4.79 Å². The summed E-state index contributed by atoms with van der Waals surface area (Å²) in [5, 5.41) is 15.8. The highest BCUT2D eigenvalue weighted by Crippen LogP contribution is 2.22. The number of aliphatic carboxylic acids is 1. The van der Waals surface area contributed by atoms with Crippen molar-refractivity contribution in [3.05, 3.63) is 17.5 Å². The zero-order valence-electron chi connectivity index (χ0n) is 12.6. The van der Waals surface area contributed by atoms with E-state index in [1.807, 2.05) is 19.9 Å². The van der Waals surface area contributed by atoms with Crippen LogP contribution in [-0.4, -0.2) is 45.2 Å². The molecule has 1 amide bonds. The maximum atomic E-state index is 12.4. The molecule has 6 nitrogen and oxygen atoms in total. The number of rotatable bonds is 5. The SMILES string of the molecule is CC(C)c1cc(C(=O)N2CCC[C@H](CCC(=O)O)C2)n[nH]1. The van der Waals surface area contributed by atoms with Crippen LogP contribution in [0.5, 0.6) is 0 Å². The zero-order valence-corrected chi connectivity index (χ0v) is 12.6. The van der Waals surface area contributed by atoms with E-state index in [1.165, 1.54) is 0 Å². The molecule has 6 heteroatoms. The minimum absolute atomic E-state index is 0.0572. The number of carboxylic acid groups (broad SMARTS) is 1. The molecule has 2 heterocycles. The average Bonchev–Trinajstić information content (AvgIpc) is 2.94. The molecule has 0 unspecified atom stereocenters. The quantitative estimate of drug-likeness (QED) is 0.871. The van der Waals surface area contributed by atoms with Gasteiger partial charge in [0.05, 0.1) is 0 Å². The Labute approximate surface area is 124 Å². The Kier molecular flexibility index (Phi) is 4.98. The minimum atomic E-state index is -0.771. The number of carbonyl (C=O) groups is 2. The molecule has 1 saturated heterocycles. The highest BCUT2D eigenvalue weighted by atomic mass is 16.4. The predicted octanol–water partition coefficient (Wildman–Crippen LogP) is 2.25. The fraction of sp³-hybridized carbons (Fsp3) is 0.667. The lowest BCUT2D eigenvalue weighted by Gasteiger charge is -2.32. The minimum Gasteiger partial charge on any atom is -0.481 e. The molecule has 116 valence electrons. The Morgan fingerprint density at radius 1 is 1.52 bits per heavy atom. The number of carbonyl (C=O) groups excluding carboxylic acids is 1. The molecule has 1 fully saturated rings. The van der Waals surface area contributed by atoms with Crippen LogP contribution in [0, 0.1) is 5.92 Å². The molecule has 0 aliphatic carbocycles. The summed E-state index contributed by atoms with van der Waals surface area (Å²) in [6.07, 6.45) is 2.73. The summed E-state index contributed by atoms with van der Waals surface area (Å²) in [5.74, 6) is -0.239. The van der Waals surface area contributed by atoms with Crippen LogP contribution < -0.4 is 0 Å². The Morgan fingerprint density at radius 3 is 2.90 bits per heavy atom. The monoisotopic (exact) mass is 293 g/mol. The van der Waals surface area contributed by atoms with Gasteiger partial charge in [-0.05, 0) is 37.2 Å². The smallest absolute Gasteiger partial charge is 0.303 e. The number of aromatic nitrogens is 2. The topological polar surface area (TPSA) is 86.3 Å². The first-order valence-corrected chi connectivity index (χ1v) is 7.53. The molecule has 1 aromatic heterocycles. The van der Waals surface area contributed by atoms with Gasteiger partial charge >= 0.3 is 5.97 Å². The van der Waals surface area contributed by atoms with E-state index < -0.39 is 5.97 Å². The number of H-pyrrole nitrogens is 1. The number of nitrogens with one attached hydrogen (secondary N) is 1. The summed E-state index contributed by atoms with van der Waals surface area (Å²) in [6.45, 7) is 5.46. The number of nitrogens with zero attached hydrogens (tertiary/aromatic N) is 2. The highest BCUT2D eigenvalue weighted by molar-refractivity contribution is 5.92. The van der Waals surface area contributed by atoms with Gasteiger partial charge < -0.3 is 10.0 Å². The molecule has 1 aliphatic rings. The number of hydrogen-bond donors (Lipinski definition) is 2. The fourth-order valence-corrected chi connectivity index (χ4v) is 2.72. The third-order valence-electron chi connectivity index (χ3n) is 4.01. The average molecular weight is 293 g/mol. The molecular weight excluding hydrogens is 270 g/mol. The van der Waals surface area contributed by atoms with Crippen LogP contribution in [0.2, 0.25) is 0 Å². The number of amides is 1. The molecule has 0 radical (unpaired) electrons. The number of hydrogen-bond acceptors (Lipinski definition) is 3. The molecule has 1 aromatic rings. The summed E-state index contributed by atoms with van der Waals surface area (Å²) in [4.78, 5) is 24.9. The Morgan fingerprint density at radius 2 is 2.29 bits per heavy atom. The summed E-state index contributed by atoms with van der Waals surface area (Å²) in [6, 6.07) is 1.81. The van der Waals surface area contributed by atoms with Crippen LogP contribution in [0.3, 0.4) is 0 Å². The predicted molar refractivity (Wildman–Crippen MR) is 78.2 cm³/mol. The normalized spacial score (nSPS) is 19.0. The van der Waals surface area contributed by atoms with E-state index in [0.29, 0.717) is 24.6 Å². The Balaban J connectivity index is 1.96.